The van der Waals surface area contributed by atoms with Gasteiger partial charge in [0.2, 0.25) is 11.8 Å². The summed E-state index contributed by atoms with van der Waals surface area (Å²) < 4.78 is 5.35. The molecule has 1 fully saturated rings. The van der Waals surface area contributed by atoms with Crippen LogP contribution in [-0.4, -0.2) is 57.9 Å². The highest BCUT2D eigenvalue weighted by molar-refractivity contribution is 7.13. The molecule has 2 amide bonds. The van der Waals surface area contributed by atoms with Crippen molar-refractivity contribution in [2.75, 3.05) is 31.5 Å². The monoisotopic (exact) mass is 423 g/mol. The molecule has 9 heteroatoms. The number of nitrogens with one attached hydrogen (secondary N) is 1. The van der Waals surface area contributed by atoms with Gasteiger partial charge in [-0.3, -0.25) is 14.5 Å². The number of benzene rings is 1. The van der Waals surface area contributed by atoms with E-state index in [1.165, 1.54) is 0 Å². The Balaban J connectivity index is 1.20. The van der Waals surface area contributed by atoms with Crippen molar-refractivity contribution in [1.29, 1.82) is 0 Å². The van der Waals surface area contributed by atoms with Crippen molar-refractivity contribution in [3.05, 3.63) is 53.2 Å². The molecular weight excluding hydrogens is 402 g/mol. The normalized spacial score (nSPS) is 19.4. The Morgan fingerprint density at radius 1 is 1.17 bits per heavy atom. The summed E-state index contributed by atoms with van der Waals surface area (Å²) in [7, 11) is 0. The summed E-state index contributed by atoms with van der Waals surface area (Å²) in [5.74, 6) is 0.701. The molecule has 0 bridgehead atoms. The van der Waals surface area contributed by atoms with Gasteiger partial charge in [-0.1, -0.05) is 29.4 Å². The van der Waals surface area contributed by atoms with E-state index < -0.39 is 5.92 Å². The summed E-state index contributed by atoms with van der Waals surface area (Å²) in [5.41, 5.74) is 1.64. The smallest absolute Gasteiger partial charge is 0.268 e. The lowest BCUT2D eigenvalue weighted by Crippen LogP contribution is -2.50. The van der Waals surface area contributed by atoms with E-state index in [1.807, 2.05) is 46.7 Å². The maximum absolute atomic E-state index is 13.2. The van der Waals surface area contributed by atoms with Gasteiger partial charge in [0.15, 0.2) is 5.82 Å². The molecule has 5 rings (SSSR count). The molecule has 0 aliphatic carbocycles. The van der Waals surface area contributed by atoms with Crippen LogP contribution >= 0.6 is 11.3 Å². The lowest BCUT2D eigenvalue weighted by molar-refractivity contribution is -0.136. The summed E-state index contributed by atoms with van der Waals surface area (Å²) in [6.45, 7) is 3.29. The number of rotatable bonds is 4. The lowest BCUT2D eigenvalue weighted by Gasteiger charge is -2.37. The molecule has 2 aliphatic heterocycles. The molecule has 8 nitrogen and oxygen atoms in total. The van der Waals surface area contributed by atoms with Crippen LogP contribution in [0.3, 0.4) is 0 Å². The Bertz CT molecular complexity index is 1060. The van der Waals surface area contributed by atoms with Gasteiger partial charge in [0.25, 0.3) is 5.89 Å². The third-order valence-corrected chi connectivity index (χ3v) is 6.40. The average molecular weight is 423 g/mol. The zero-order chi connectivity index (χ0) is 20.5. The van der Waals surface area contributed by atoms with Crippen LogP contribution in [0.2, 0.25) is 0 Å². The first kappa shape index (κ1) is 19.0. The number of hydrogen-bond acceptors (Lipinski definition) is 7. The topological polar surface area (TPSA) is 91.6 Å². The maximum Gasteiger partial charge on any atom is 0.268 e. The van der Waals surface area contributed by atoms with E-state index in [0.717, 1.165) is 29.2 Å². The molecule has 154 valence electrons. The predicted octanol–water partition coefficient (Wildman–Crippen LogP) is 2.57. The van der Waals surface area contributed by atoms with Crippen molar-refractivity contribution >= 4 is 28.8 Å². The van der Waals surface area contributed by atoms with Gasteiger partial charge >= 0.3 is 0 Å². The van der Waals surface area contributed by atoms with Crippen LogP contribution in [0.1, 0.15) is 23.7 Å². The minimum atomic E-state index is -0.410. The van der Waals surface area contributed by atoms with Gasteiger partial charge < -0.3 is 14.7 Å². The molecule has 2 aliphatic rings. The largest absolute Gasteiger partial charge is 0.340 e. The summed E-state index contributed by atoms with van der Waals surface area (Å²) in [4.78, 5) is 34.7. The zero-order valence-corrected chi connectivity index (χ0v) is 17.1. The number of piperazine rings is 1. The van der Waals surface area contributed by atoms with Crippen molar-refractivity contribution in [1.82, 2.24) is 19.9 Å². The van der Waals surface area contributed by atoms with Gasteiger partial charge in [0, 0.05) is 38.3 Å². The molecule has 1 unspecified atom stereocenters. The molecule has 3 aromatic rings. The number of aromatic nitrogens is 2. The van der Waals surface area contributed by atoms with E-state index in [9.17, 15) is 9.59 Å². The SMILES string of the molecule is O=C1CC(C(=O)N2CCN(Cc3noc(-c4cccs4)n3)CC2)c2ccccc2N1. The maximum atomic E-state index is 13.2. The number of fused-ring (bicyclic) bond motifs is 1. The fraction of sp³-hybridized carbons (Fsp3) is 0.333. The van der Waals surface area contributed by atoms with Gasteiger partial charge in [0.1, 0.15) is 0 Å². The molecule has 2 aromatic heterocycles. The molecule has 1 aromatic carbocycles. The first-order chi connectivity index (χ1) is 14.7. The van der Waals surface area contributed by atoms with Crippen molar-refractivity contribution in [3.63, 3.8) is 0 Å². The van der Waals surface area contributed by atoms with Crippen molar-refractivity contribution in [2.24, 2.45) is 0 Å². The zero-order valence-electron chi connectivity index (χ0n) is 16.3. The summed E-state index contributed by atoms with van der Waals surface area (Å²) >= 11 is 1.57. The molecule has 1 atom stereocenters. The Labute approximate surface area is 177 Å². The summed E-state index contributed by atoms with van der Waals surface area (Å²) in [6, 6.07) is 11.5. The van der Waals surface area contributed by atoms with Crippen LogP contribution in [-0.2, 0) is 16.1 Å². The fourth-order valence-corrected chi connectivity index (χ4v) is 4.64. The first-order valence-corrected chi connectivity index (χ1v) is 10.8. The highest BCUT2D eigenvalue weighted by atomic mass is 32.1. The Morgan fingerprint density at radius 3 is 2.80 bits per heavy atom. The standard InChI is InChI=1S/C21H21N5O3S/c27-19-12-15(14-4-1-2-5-16(14)22-19)21(28)26-9-7-25(8-10-26)13-18-23-20(29-24-18)17-6-3-11-30-17/h1-6,11,15H,7-10,12-13H2,(H,22,27). The van der Waals surface area contributed by atoms with Crippen LogP contribution in [0, 0.1) is 0 Å². The van der Waals surface area contributed by atoms with Gasteiger partial charge in [0.05, 0.1) is 17.3 Å². The van der Waals surface area contributed by atoms with E-state index in [0.29, 0.717) is 31.3 Å². The minimum absolute atomic E-state index is 0.0245. The van der Waals surface area contributed by atoms with Crippen LogP contribution in [0.25, 0.3) is 10.8 Å². The molecular formula is C21H21N5O3S. The van der Waals surface area contributed by atoms with Crippen molar-refractivity contribution < 1.29 is 14.1 Å². The number of carbonyl (C=O) groups excluding carboxylic acids is 2. The molecule has 30 heavy (non-hydrogen) atoms. The van der Waals surface area contributed by atoms with Gasteiger partial charge in [-0.2, -0.15) is 4.98 Å². The van der Waals surface area contributed by atoms with Gasteiger partial charge in [-0.25, -0.2) is 0 Å². The number of hydrogen-bond donors (Lipinski definition) is 1. The first-order valence-electron chi connectivity index (χ1n) is 9.94. The number of thiophene rings is 1. The third kappa shape index (κ3) is 3.73. The number of carbonyl (C=O) groups is 2. The molecule has 1 N–H and O–H groups in total. The molecule has 0 spiro atoms. The number of amides is 2. The van der Waals surface area contributed by atoms with Gasteiger partial charge in [-0.05, 0) is 23.1 Å². The second-order valence-corrected chi connectivity index (χ2v) is 8.43. The summed E-state index contributed by atoms with van der Waals surface area (Å²) in [6.07, 6.45) is 0.199. The van der Waals surface area contributed by atoms with Crippen LogP contribution in [0.15, 0.2) is 46.3 Å². The Hall–Kier alpha value is -3.04. The molecule has 4 heterocycles. The van der Waals surface area contributed by atoms with Crippen LogP contribution < -0.4 is 5.32 Å². The minimum Gasteiger partial charge on any atom is -0.340 e. The van der Waals surface area contributed by atoms with E-state index in [2.05, 4.69) is 20.4 Å². The van der Waals surface area contributed by atoms with Crippen molar-refractivity contribution in [3.8, 4) is 10.8 Å². The highest BCUT2D eigenvalue weighted by Crippen LogP contribution is 2.33. The van der Waals surface area contributed by atoms with Crippen LogP contribution in [0.5, 0.6) is 0 Å². The fourth-order valence-electron chi connectivity index (χ4n) is 4.00. The molecule has 0 radical (unpaired) electrons. The van der Waals surface area contributed by atoms with Gasteiger partial charge in [-0.15, -0.1) is 11.3 Å². The van der Waals surface area contributed by atoms with E-state index in [-0.39, 0.29) is 18.2 Å². The molecule has 0 saturated carbocycles. The van der Waals surface area contributed by atoms with Crippen LogP contribution in [0.4, 0.5) is 5.69 Å². The average Bonchev–Trinajstić information content (AvgIpc) is 3.45. The predicted molar refractivity (Wildman–Crippen MR) is 112 cm³/mol. The Morgan fingerprint density at radius 2 is 2.00 bits per heavy atom. The number of anilines is 1. The second kappa shape index (κ2) is 8.00. The van der Waals surface area contributed by atoms with Crippen molar-refractivity contribution in [2.45, 2.75) is 18.9 Å². The van der Waals surface area contributed by atoms with E-state index >= 15 is 0 Å². The van der Waals surface area contributed by atoms with E-state index in [1.54, 1.807) is 11.3 Å². The number of nitrogens with zero attached hydrogens (tertiary/aromatic N) is 4. The summed E-state index contributed by atoms with van der Waals surface area (Å²) in [5, 5.41) is 8.91. The number of para-hydroxylation sites is 1. The third-order valence-electron chi connectivity index (χ3n) is 5.55. The highest BCUT2D eigenvalue weighted by Gasteiger charge is 2.34. The lowest BCUT2D eigenvalue weighted by atomic mass is 9.89. The second-order valence-electron chi connectivity index (χ2n) is 7.49. The van der Waals surface area contributed by atoms with E-state index in [4.69, 9.17) is 4.52 Å². The molecule has 1 saturated heterocycles. The quantitative estimate of drug-likeness (QED) is 0.694. The Kier molecular flexibility index (Phi) is 5.06.